The van der Waals surface area contributed by atoms with E-state index in [2.05, 4.69) is 24.3 Å². The normalized spacial score (nSPS) is 30.5. The second-order valence-corrected chi connectivity index (χ2v) is 9.00. The maximum Gasteiger partial charge on any atom is 0.222 e. The fraction of sp³-hybridized carbons (Fsp3) is 0.708. The van der Waals surface area contributed by atoms with Gasteiger partial charge in [-0.25, -0.2) is 0 Å². The van der Waals surface area contributed by atoms with Gasteiger partial charge in [0.05, 0.1) is 6.10 Å². The van der Waals surface area contributed by atoms with Crippen molar-refractivity contribution in [2.45, 2.75) is 76.7 Å². The van der Waals surface area contributed by atoms with Crippen molar-refractivity contribution in [3.05, 3.63) is 35.5 Å². The van der Waals surface area contributed by atoms with Crippen molar-refractivity contribution in [2.75, 3.05) is 14.1 Å². The van der Waals surface area contributed by atoms with Gasteiger partial charge in [0.15, 0.2) is 0 Å². The number of hydrogen-bond donors (Lipinski definition) is 1. The predicted molar refractivity (Wildman–Crippen MR) is 111 cm³/mol. The summed E-state index contributed by atoms with van der Waals surface area (Å²) in [6.07, 6.45) is 21.5. The number of fused-ring (bicyclic) bond motifs is 1. The summed E-state index contributed by atoms with van der Waals surface area (Å²) < 4.78 is 0. The highest BCUT2D eigenvalue weighted by Gasteiger charge is 2.43. The topological polar surface area (TPSA) is 40.5 Å². The fourth-order valence-corrected chi connectivity index (χ4v) is 5.13. The van der Waals surface area contributed by atoms with Gasteiger partial charge in [0, 0.05) is 26.4 Å². The molecule has 2 fully saturated rings. The molecule has 2 saturated carbocycles. The van der Waals surface area contributed by atoms with E-state index in [9.17, 15) is 9.90 Å². The second-order valence-electron chi connectivity index (χ2n) is 9.00. The summed E-state index contributed by atoms with van der Waals surface area (Å²) in [5.41, 5.74) is 3.14. The van der Waals surface area contributed by atoms with Crippen LogP contribution in [-0.4, -0.2) is 36.1 Å². The zero-order valence-electron chi connectivity index (χ0n) is 17.2. The maximum absolute atomic E-state index is 11.7. The molecule has 1 amide bonds. The van der Waals surface area contributed by atoms with Crippen molar-refractivity contribution < 1.29 is 9.90 Å². The minimum Gasteiger partial charge on any atom is -0.392 e. The molecule has 0 heterocycles. The SMILES string of the molecule is CN(C)C(=O)CCCCC1=C[C@H]2C[C@@H](O)[C@H](/C=C/C=C3CCCCC3)[C@H]2C1. The Labute approximate surface area is 165 Å². The highest BCUT2D eigenvalue weighted by molar-refractivity contribution is 5.75. The molecule has 0 spiro atoms. The monoisotopic (exact) mass is 371 g/mol. The van der Waals surface area contributed by atoms with Crippen molar-refractivity contribution in [1.29, 1.82) is 0 Å². The smallest absolute Gasteiger partial charge is 0.222 e. The number of aliphatic hydroxyl groups is 1. The molecule has 0 aromatic heterocycles. The minimum absolute atomic E-state index is 0.184. The van der Waals surface area contributed by atoms with Gasteiger partial charge < -0.3 is 10.0 Å². The lowest BCUT2D eigenvalue weighted by Crippen LogP contribution is -2.21. The molecule has 0 aliphatic heterocycles. The second kappa shape index (κ2) is 9.73. The molecule has 0 saturated heterocycles. The number of unbranched alkanes of at least 4 members (excludes halogenated alkanes) is 1. The van der Waals surface area contributed by atoms with Gasteiger partial charge in [-0.2, -0.15) is 0 Å². The Kier molecular flexibility index (Phi) is 7.34. The van der Waals surface area contributed by atoms with Gasteiger partial charge in [-0.1, -0.05) is 41.9 Å². The van der Waals surface area contributed by atoms with Crippen molar-refractivity contribution in [2.24, 2.45) is 17.8 Å². The summed E-state index contributed by atoms with van der Waals surface area (Å²) >= 11 is 0. The van der Waals surface area contributed by atoms with Gasteiger partial charge >= 0.3 is 0 Å². The standard InChI is InChI=1S/C24H37NO2/c1-25(2)24(27)14-7-6-11-19-15-20-17-23(26)21(22(20)16-19)13-8-12-18-9-4-3-5-10-18/h8,12-13,15,20-23,26H,3-7,9-11,14,16-17H2,1-2H3/b13-8+/t20-,21+,22-,23+/m0/s1. The van der Waals surface area contributed by atoms with Crippen LogP contribution < -0.4 is 0 Å². The molecule has 0 radical (unpaired) electrons. The van der Waals surface area contributed by atoms with E-state index >= 15 is 0 Å². The molecular weight excluding hydrogens is 334 g/mol. The third-order valence-electron chi connectivity index (χ3n) is 6.75. The lowest BCUT2D eigenvalue weighted by atomic mass is 9.88. The molecular formula is C24H37NO2. The number of hydrogen-bond acceptors (Lipinski definition) is 2. The minimum atomic E-state index is -0.184. The van der Waals surface area contributed by atoms with Crippen LogP contribution in [0.25, 0.3) is 0 Å². The third-order valence-corrected chi connectivity index (χ3v) is 6.75. The Morgan fingerprint density at radius 3 is 2.74 bits per heavy atom. The fourth-order valence-electron chi connectivity index (χ4n) is 5.13. The number of carbonyl (C=O) groups excluding carboxylic acids is 1. The predicted octanol–water partition coefficient (Wildman–Crippen LogP) is 5.03. The number of nitrogens with zero attached hydrogens (tertiary/aromatic N) is 1. The zero-order chi connectivity index (χ0) is 19.2. The van der Waals surface area contributed by atoms with Gasteiger partial charge in [-0.05, 0) is 69.6 Å². The van der Waals surface area contributed by atoms with Crippen molar-refractivity contribution >= 4 is 5.91 Å². The van der Waals surface area contributed by atoms with Crippen LogP contribution in [0.4, 0.5) is 0 Å². The highest BCUT2D eigenvalue weighted by Crippen LogP contribution is 2.48. The first-order chi connectivity index (χ1) is 13.0. The first-order valence-corrected chi connectivity index (χ1v) is 11.0. The summed E-state index contributed by atoms with van der Waals surface area (Å²) in [5.74, 6) is 1.67. The molecule has 0 bridgehead atoms. The molecule has 3 aliphatic carbocycles. The molecule has 3 nitrogen and oxygen atoms in total. The van der Waals surface area contributed by atoms with E-state index in [4.69, 9.17) is 0 Å². The number of rotatable bonds is 7. The summed E-state index contributed by atoms with van der Waals surface area (Å²) in [7, 11) is 3.65. The van der Waals surface area contributed by atoms with E-state index in [0.717, 1.165) is 32.1 Å². The van der Waals surface area contributed by atoms with Gasteiger partial charge in [0.25, 0.3) is 0 Å². The summed E-state index contributed by atoms with van der Waals surface area (Å²) in [4.78, 5) is 13.3. The quantitative estimate of drug-likeness (QED) is 0.504. The largest absolute Gasteiger partial charge is 0.392 e. The van der Waals surface area contributed by atoms with E-state index in [1.807, 2.05) is 14.1 Å². The summed E-state index contributed by atoms with van der Waals surface area (Å²) in [5, 5.41) is 10.5. The number of aliphatic hydroxyl groups excluding tert-OH is 1. The Balaban J connectivity index is 1.45. The summed E-state index contributed by atoms with van der Waals surface area (Å²) in [6.45, 7) is 0. The van der Waals surface area contributed by atoms with Crippen LogP contribution in [0.5, 0.6) is 0 Å². The van der Waals surface area contributed by atoms with Crippen LogP contribution in [0.1, 0.15) is 70.6 Å². The molecule has 0 aromatic rings. The number of amides is 1. The van der Waals surface area contributed by atoms with Crippen molar-refractivity contribution in [3.8, 4) is 0 Å². The lowest BCUT2D eigenvalue weighted by Gasteiger charge is -2.18. The average Bonchev–Trinajstić information content (AvgIpc) is 3.17. The molecule has 3 rings (SSSR count). The highest BCUT2D eigenvalue weighted by atomic mass is 16.3. The molecule has 150 valence electrons. The van der Waals surface area contributed by atoms with E-state index in [0.29, 0.717) is 24.2 Å². The van der Waals surface area contributed by atoms with Crippen LogP contribution in [-0.2, 0) is 4.79 Å². The molecule has 27 heavy (non-hydrogen) atoms. The molecule has 0 unspecified atom stereocenters. The van der Waals surface area contributed by atoms with Crippen LogP contribution >= 0.6 is 0 Å². The first kappa shape index (κ1) is 20.4. The van der Waals surface area contributed by atoms with Gasteiger partial charge in [-0.15, -0.1) is 0 Å². The van der Waals surface area contributed by atoms with Crippen molar-refractivity contribution in [1.82, 2.24) is 4.90 Å². The van der Waals surface area contributed by atoms with Crippen LogP contribution in [0.3, 0.4) is 0 Å². The Bertz CT molecular complexity index is 594. The first-order valence-electron chi connectivity index (χ1n) is 11.0. The van der Waals surface area contributed by atoms with Crippen molar-refractivity contribution in [3.63, 3.8) is 0 Å². The Hall–Kier alpha value is -1.35. The molecule has 4 atom stereocenters. The van der Waals surface area contributed by atoms with E-state index in [1.165, 1.54) is 32.1 Å². The number of carbonyl (C=O) groups is 1. The van der Waals surface area contributed by atoms with Gasteiger partial charge in [-0.3, -0.25) is 4.79 Å². The molecule has 3 aliphatic rings. The van der Waals surface area contributed by atoms with Crippen LogP contribution in [0.2, 0.25) is 0 Å². The van der Waals surface area contributed by atoms with E-state index in [1.54, 1.807) is 16.0 Å². The molecule has 1 N–H and O–H groups in total. The average molecular weight is 372 g/mol. The summed E-state index contributed by atoms with van der Waals surface area (Å²) in [6, 6.07) is 0. The lowest BCUT2D eigenvalue weighted by molar-refractivity contribution is -0.128. The van der Waals surface area contributed by atoms with Gasteiger partial charge in [0.2, 0.25) is 5.91 Å². The van der Waals surface area contributed by atoms with Gasteiger partial charge in [0.1, 0.15) is 0 Å². The van der Waals surface area contributed by atoms with Crippen LogP contribution in [0.15, 0.2) is 35.5 Å². The van der Waals surface area contributed by atoms with E-state index < -0.39 is 0 Å². The molecule has 3 heteroatoms. The number of allylic oxidation sites excluding steroid dienone is 5. The Morgan fingerprint density at radius 2 is 2.00 bits per heavy atom. The maximum atomic E-state index is 11.7. The van der Waals surface area contributed by atoms with E-state index in [-0.39, 0.29) is 12.0 Å². The Morgan fingerprint density at radius 1 is 1.22 bits per heavy atom. The third kappa shape index (κ3) is 5.57. The molecule has 0 aromatic carbocycles. The van der Waals surface area contributed by atoms with Crippen LogP contribution in [0, 0.1) is 17.8 Å². The zero-order valence-corrected chi connectivity index (χ0v) is 17.2.